The number of hydrogen-bond donors (Lipinski definition) is 0. The molecular formula is C28H34N8O. The fourth-order valence-corrected chi connectivity index (χ4v) is 5.32. The summed E-state index contributed by atoms with van der Waals surface area (Å²) in [6.07, 6.45) is 3.86. The van der Waals surface area contributed by atoms with E-state index in [-0.39, 0.29) is 11.1 Å². The van der Waals surface area contributed by atoms with Crippen molar-refractivity contribution in [2.24, 2.45) is 19.5 Å². The number of rotatable bonds is 5. The molecule has 0 saturated carbocycles. The largest absolute Gasteiger partial charge is 0.330 e. The van der Waals surface area contributed by atoms with Crippen LogP contribution in [0.15, 0.2) is 41.5 Å². The Balaban J connectivity index is 1.40. The molecule has 0 aliphatic carbocycles. The van der Waals surface area contributed by atoms with E-state index in [1.54, 1.807) is 22.5 Å². The number of nitrogens with zero attached hydrogens (tertiary/aromatic N) is 8. The van der Waals surface area contributed by atoms with Crippen LogP contribution in [0.1, 0.15) is 56.5 Å². The van der Waals surface area contributed by atoms with Crippen molar-refractivity contribution in [1.29, 1.82) is 5.26 Å². The van der Waals surface area contributed by atoms with Crippen LogP contribution in [0, 0.1) is 16.7 Å². The van der Waals surface area contributed by atoms with E-state index in [2.05, 4.69) is 48.0 Å². The van der Waals surface area contributed by atoms with Crippen molar-refractivity contribution in [3.8, 4) is 17.3 Å². The quantitative estimate of drug-likeness (QED) is 0.415. The molecule has 3 aromatic heterocycles. The standard InChI is InChI=1S/C28H34N8O/c1-28(2,3)17-36-24-9-8-23(31-26(24)34(5)27(36)37)22-14-19(6-7-21(22)15-29)16-35-12-10-20(11-13-35)25-32-30-18-33(25)4/h6-9,14,18,20H,10-13,16-17H2,1-5H3. The van der Waals surface area contributed by atoms with E-state index >= 15 is 0 Å². The molecule has 37 heavy (non-hydrogen) atoms. The number of imidazole rings is 1. The van der Waals surface area contributed by atoms with Crippen LogP contribution in [0.25, 0.3) is 22.4 Å². The van der Waals surface area contributed by atoms with Gasteiger partial charge in [0.1, 0.15) is 12.2 Å². The van der Waals surface area contributed by atoms with Crippen molar-refractivity contribution in [3.63, 3.8) is 0 Å². The van der Waals surface area contributed by atoms with E-state index < -0.39 is 0 Å². The molecule has 1 fully saturated rings. The molecule has 9 nitrogen and oxygen atoms in total. The van der Waals surface area contributed by atoms with Gasteiger partial charge in [-0.25, -0.2) is 9.78 Å². The lowest BCUT2D eigenvalue weighted by Crippen LogP contribution is -2.33. The van der Waals surface area contributed by atoms with Gasteiger partial charge in [-0.2, -0.15) is 5.26 Å². The molecule has 0 radical (unpaired) electrons. The lowest BCUT2D eigenvalue weighted by atomic mass is 9.95. The molecule has 192 valence electrons. The van der Waals surface area contributed by atoms with Gasteiger partial charge in [0.25, 0.3) is 0 Å². The number of piperidine rings is 1. The van der Waals surface area contributed by atoms with Crippen molar-refractivity contribution in [2.45, 2.75) is 52.6 Å². The van der Waals surface area contributed by atoms with Crippen molar-refractivity contribution in [2.75, 3.05) is 13.1 Å². The van der Waals surface area contributed by atoms with Crippen molar-refractivity contribution in [1.82, 2.24) is 33.8 Å². The van der Waals surface area contributed by atoms with Gasteiger partial charge in [0.15, 0.2) is 5.65 Å². The van der Waals surface area contributed by atoms with Gasteiger partial charge >= 0.3 is 5.69 Å². The molecule has 9 heteroatoms. The molecule has 4 heterocycles. The molecule has 1 aromatic carbocycles. The second kappa shape index (κ2) is 9.60. The lowest BCUT2D eigenvalue weighted by molar-refractivity contribution is 0.200. The summed E-state index contributed by atoms with van der Waals surface area (Å²) < 4.78 is 5.41. The monoisotopic (exact) mass is 498 g/mol. The molecule has 0 N–H and O–H groups in total. The molecule has 1 saturated heterocycles. The molecule has 0 unspecified atom stereocenters. The molecule has 4 aromatic rings. The van der Waals surface area contributed by atoms with E-state index in [0.717, 1.165) is 54.9 Å². The summed E-state index contributed by atoms with van der Waals surface area (Å²) in [4.78, 5) is 20.3. The summed E-state index contributed by atoms with van der Waals surface area (Å²) in [5.74, 6) is 1.50. The molecule has 0 atom stereocenters. The first kappa shape index (κ1) is 24.9. The number of fused-ring (bicyclic) bond motifs is 1. The maximum Gasteiger partial charge on any atom is 0.330 e. The normalized spacial score (nSPS) is 15.4. The second-order valence-electron chi connectivity index (χ2n) is 11.4. The number of aryl methyl sites for hydroxylation is 2. The van der Waals surface area contributed by atoms with E-state index in [0.29, 0.717) is 29.4 Å². The van der Waals surface area contributed by atoms with Crippen LogP contribution >= 0.6 is 0 Å². The third-order valence-electron chi connectivity index (χ3n) is 7.20. The van der Waals surface area contributed by atoms with Gasteiger partial charge in [-0.15, -0.1) is 10.2 Å². The summed E-state index contributed by atoms with van der Waals surface area (Å²) in [5, 5.41) is 18.1. The predicted molar refractivity (Wildman–Crippen MR) is 143 cm³/mol. The first-order chi connectivity index (χ1) is 17.6. The Kier molecular flexibility index (Phi) is 6.46. The average Bonchev–Trinajstić information content (AvgIpc) is 3.40. The number of hydrogen-bond acceptors (Lipinski definition) is 6. The third kappa shape index (κ3) is 4.94. The van der Waals surface area contributed by atoms with Crippen LogP contribution in [0.3, 0.4) is 0 Å². The molecule has 1 aliphatic rings. The number of benzene rings is 1. The first-order valence-corrected chi connectivity index (χ1v) is 12.8. The maximum absolute atomic E-state index is 12.9. The summed E-state index contributed by atoms with van der Waals surface area (Å²) in [7, 11) is 3.76. The van der Waals surface area contributed by atoms with Gasteiger partial charge in [0, 0.05) is 38.7 Å². The Morgan fingerprint density at radius 3 is 2.51 bits per heavy atom. The minimum Gasteiger partial charge on any atom is -0.320 e. The smallest absolute Gasteiger partial charge is 0.320 e. The highest BCUT2D eigenvalue weighted by atomic mass is 16.1. The molecular weight excluding hydrogens is 464 g/mol. The Labute approximate surface area is 217 Å². The van der Waals surface area contributed by atoms with Crippen LogP contribution in [0.2, 0.25) is 0 Å². The Bertz CT molecular complexity index is 1540. The zero-order valence-electron chi connectivity index (χ0n) is 22.3. The van der Waals surface area contributed by atoms with Gasteiger partial charge < -0.3 is 4.57 Å². The topological polar surface area (TPSA) is 97.6 Å². The fourth-order valence-electron chi connectivity index (χ4n) is 5.32. The maximum atomic E-state index is 12.9. The van der Waals surface area contributed by atoms with Gasteiger partial charge in [-0.1, -0.05) is 26.8 Å². The number of likely N-dealkylation sites (tertiary alicyclic amines) is 1. The van der Waals surface area contributed by atoms with Crippen LogP contribution < -0.4 is 5.69 Å². The summed E-state index contributed by atoms with van der Waals surface area (Å²) >= 11 is 0. The van der Waals surface area contributed by atoms with Crippen molar-refractivity contribution < 1.29 is 0 Å². The predicted octanol–water partition coefficient (Wildman–Crippen LogP) is 3.83. The molecule has 1 aliphatic heterocycles. The summed E-state index contributed by atoms with van der Waals surface area (Å²) in [6, 6.07) is 12.2. The summed E-state index contributed by atoms with van der Waals surface area (Å²) in [5.41, 5.74) is 4.55. The van der Waals surface area contributed by atoms with Gasteiger partial charge in [0.05, 0.1) is 22.8 Å². The number of pyridine rings is 1. The number of nitriles is 1. The Hall–Kier alpha value is -3.77. The zero-order valence-corrected chi connectivity index (χ0v) is 22.3. The van der Waals surface area contributed by atoms with Crippen LogP contribution in [0.4, 0.5) is 0 Å². The average molecular weight is 499 g/mol. The van der Waals surface area contributed by atoms with Crippen LogP contribution in [0.5, 0.6) is 0 Å². The minimum absolute atomic E-state index is 0.0399. The molecule has 5 rings (SSSR count). The van der Waals surface area contributed by atoms with E-state index in [4.69, 9.17) is 4.98 Å². The Morgan fingerprint density at radius 1 is 1.11 bits per heavy atom. The summed E-state index contributed by atoms with van der Waals surface area (Å²) in [6.45, 7) is 9.74. The first-order valence-electron chi connectivity index (χ1n) is 12.8. The zero-order chi connectivity index (χ0) is 26.3. The highest BCUT2D eigenvalue weighted by Gasteiger charge is 2.24. The fraction of sp³-hybridized carbons (Fsp3) is 0.464. The third-order valence-corrected chi connectivity index (χ3v) is 7.20. The van der Waals surface area contributed by atoms with Gasteiger partial charge in [-0.3, -0.25) is 14.0 Å². The molecule has 0 spiro atoms. The van der Waals surface area contributed by atoms with Crippen LogP contribution in [-0.4, -0.2) is 46.9 Å². The highest BCUT2D eigenvalue weighted by molar-refractivity contribution is 5.78. The molecule has 0 bridgehead atoms. The molecule has 0 amide bonds. The minimum atomic E-state index is -0.0754. The van der Waals surface area contributed by atoms with Gasteiger partial charge in [0.2, 0.25) is 0 Å². The van der Waals surface area contributed by atoms with Gasteiger partial charge in [-0.05, 0) is 61.2 Å². The van der Waals surface area contributed by atoms with Crippen LogP contribution in [-0.2, 0) is 27.2 Å². The van der Waals surface area contributed by atoms with E-state index in [1.807, 2.05) is 35.9 Å². The highest BCUT2D eigenvalue weighted by Crippen LogP contribution is 2.29. The SMILES string of the molecule is Cn1cnnc1C1CCN(Cc2ccc(C#N)c(-c3ccc4c(n3)n(C)c(=O)n4CC(C)(C)C)c2)CC1. The van der Waals surface area contributed by atoms with Crippen molar-refractivity contribution in [3.05, 3.63) is 64.1 Å². The number of aromatic nitrogens is 6. The van der Waals surface area contributed by atoms with Crippen molar-refractivity contribution >= 4 is 11.2 Å². The van der Waals surface area contributed by atoms with E-state index in [9.17, 15) is 10.1 Å². The Morgan fingerprint density at radius 2 is 1.86 bits per heavy atom. The van der Waals surface area contributed by atoms with E-state index in [1.165, 1.54) is 0 Å². The second-order valence-corrected chi connectivity index (χ2v) is 11.4. The lowest BCUT2D eigenvalue weighted by Gasteiger charge is -2.31.